The van der Waals surface area contributed by atoms with Crippen LogP contribution in [0.25, 0.3) is 0 Å². The number of hydrogen-bond acceptors (Lipinski definition) is 4. The molecule has 0 aliphatic heterocycles. The normalized spacial score (nSPS) is 13.8. The molecule has 0 fully saturated rings. The molecular formula is C27H30ClO4P. The van der Waals surface area contributed by atoms with Crippen LogP contribution < -0.4 is 10.6 Å². The van der Waals surface area contributed by atoms with Crippen molar-refractivity contribution in [2.75, 3.05) is 0 Å². The van der Waals surface area contributed by atoms with Gasteiger partial charge in [-0.15, -0.1) is 11.6 Å². The number of carbonyl (C=O) groups is 1. The summed E-state index contributed by atoms with van der Waals surface area (Å²) >= 11 is 6.87. The molecule has 0 amide bonds. The van der Waals surface area contributed by atoms with E-state index in [1.807, 2.05) is 87.5 Å². The Bertz CT molecular complexity index is 1020. The molecule has 4 nitrogen and oxygen atoms in total. The molecule has 174 valence electrons. The van der Waals surface area contributed by atoms with Crippen LogP contribution in [0.3, 0.4) is 0 Å². The van der Waals surface area contributed by atoms with Gasteiger partial charge in [-0.05, 0) is 57.0 Å². The molecule has 33 heavy (non-hydrogen) atoms. The van der Waals surface area contributed by atoms with Gasteiger partial charge < -0.3 is 9.26 Å². The van der Waals surface area contributed by atoms with Crippen LogP contribution in [0.1, 0.15) is 44.6 Å². The lowest BCUT2D eigenvalue weighted by Gasteiger charge is -2.29. The van der Waals surface area contributed by atoms with Crippen molar-refractivity contribution < 1.29 is 18.6 Å². The minimum Gasteiger partial charge on any atom is -0.460 e. The van der Waals surface area contributed by atoms with Crippen molar-refractivity contribution in [3.63, 3.8) is 0 Å². The Morgan fingerprint density at radius 2 is 1.30 bits per heavy atom. The van der Waals surface area contributed by atoms with E-state index in [1.165, 1.54) is 0 Å². The van der Waals surface area contributed by atoms with Gasteiger partial charge >= 0.3 is 5.97 Å². The summed E-state index contributed by atoms with van der Waals surface area (Å²) in [5.41, 5.74) is 0.248. The summed E-state index contributed by atoms with van der Waals surface area (Å²) in [5.74, 6) is -0.345. The number of carbonyl (C=O) groups excluding carboxylic acids is 1. The van der Waals surface area contributed by atoms with E-state index >= 15 is 0 Å². The Hall–Kier alpha value is -2.39. The van der Waals surface area contributed by atoms with Crippen LogP contribution in [-0.2, 0) is 18.6 Å². The Morgan fingerprint density at radius 3 is 1.76 bits per heavy atom. The molecule has 0 N–H and O–H groups in total. The van der Waals surface area contributed by atoms with Crippen LogP contribution in [0.2, 0.25) is 0 Å². The maximum atomic E-state index is 14.4. The van der Waals surface area contributed by atoms with E-state index in [4.69, 9.17) is 20.9 Å². The highest BCUT2D eigenvalue weighted by molar-refractivity contribution is 7.74. The van der Waals surface area contributed by atoms with E-state index in [9.17, 15) is 9.36 Å². The number of esters is 1. The largest absolute Gasteiger partial charge is 0.460 e. The van der Waals surface area contributed by atoms with Crippen molar-refractivity contribution in [3.8, 4) is 0 Å². The first-order valence-corrected chi connectivity index (χ1v) is 13.1. The molecule has 0 saturated heterocycles. The fourth-order valence-electron chi connectivity index (χ4n) is 3.47. The summed E-state index contributed by atoms with van der Waals surface area (Å²) in [6, 6.07) is 27.7. The molecule has 0 aliphatic carbocycles. The van der Waals surface area contributed by atoms with E-state index in [-0.39, 0.29) is 18.8 Å². The summed E-state index contributed by atoms with van der Waals surface area (Å²) in [6.45, 7) is 5.48. The Balaban J connectivity index is 1.95. The van der Waals surface area contributed by atoms with E-state index in [0.717, 1.165) is 5.56 Å². The average molecular weight is 485 g/mol. The maximum absolute atomic E-state index is 14.4. The SMILES string of the molecule is CC(C)(C)OC(=O)CC[C@@H](OP(=O)(c1ccccc1)c1ccccc1)[C@@H](Cl)c1ccccc1. The van der Waals surface area contributed by atoms with Gasteiger partial charge in [0, 0.05) is 17.0 Å². The molecule has 3 rings (SSSR count). The molecule has 0 bridgehead atoms. The van der Waals surface area contributed by atoms with Crippen LogP contribution >= 0.6 is 19.0 Å². The lowest BCUT2D eigenvalue weighted by Crippen LogP contribution is -2.28. The number of halogens is 1. The van der Waals surface area contributed by atoms with Crippen molar-refractivity contribution in [3.05, 3.63) is 96.6 Å². The predicted octanol–water partition coefficient (Wildman–Crippen LogP) is 6.40. The number of benzene rings is 3. The van der Waals surface area contributed by atoms with Gasteiger partial charge in [0.1, 0.15) is 5.60 Å². The maximum Gasteiger partial charge on any atom is 0.306 e. The lowest BCUT2D eigenvalue weighted by molar-refractivity contribution is -0.155. The topological polar surface area (TPSA) is 52.6 Å². The molecule has 3 aromatic carbocycles. The van der Waals surface area contributed by atoms with Crippen molar-refractivity contribution in [1.29, 1.82) is 0 Å². The number of alkyl halides is 1. The molecule has 0 spiro atoms. The van der Waals surface area contributed by atoms with Crippen molar-refractivity contribution >= 4 is 35.5 Å². The molecule has 0 aromatic heterocycles. The molecule has 0 aliphatic rings. The van der Waals surface area contributed by atoms with Crippen molar-refractivity contribution in [1.82, 2.24) is 0 Å². The zero-order valence-electron chi connectivity index (χ0n) is 19.2. The van der Waals surface area contributed by atoms with Crippen LogP contribution in [-0.4, -0.2) is 17.7 Å². The quantitative estimate of drug-likeness (QED) is 0.200. The van der Waals surface area contributed by atoms with Gasteiger partial charge in [-0.25, -0.2) is 0 Å². The first-order chi connectivity index (χ1) is 15.7. The summed E-state index contributed by atoms with van der Waals surface area (Å²) < 4.78 is 26.3. The summed E-state index contributed by atoms with van der Waals surface area (Å²) in [7, 11) is -3.49. The molecule has 3 aromatic rings. The third-order valence-electron chi connectivity index (χ3n) is 4.97. The third-order valence-corrected chi connectivity index (χ3v) is 8.03. The van der Waals surface area contributed by atoms with Crippen LogP contribution in [0, 0.1) is 0 Å². The van der Waals surface area contributed by atoms with E-state index in [2.05, 4.69) is 0 Å². The summed E-state index contributed by atoms with van der Waals surface area (Å²) in [4.78, 5) is 12.4. The number of rotatable bonds is 9. The summed E-state index contributed by atoms with van der Waals surface area (Å²) in [5, 5.41) is 0.556. The average Bonchev–Trinajstić information content (AvgIpc) is 2.82. The minimum absolute atomic E-state index is 0.0988. The molecule has 0 heterocycles. The van der Waals surface area contributed by atoms with Gasteiger partial charge in [-0.2, -0.15) is 0 Å². The van der Waals surface area contributed by atoms with E-state index < -0.39 is 24.5 Å². The van der Waals surface area contributed by atoms with Gasteiger partial charge in [0.25, 0.3) is 7.37 Å². The molecule has 0 radical (unpaired) electrons. The van der Waals surface area contributed by atoms with Gasteiger partial charge in [0.15, 0.2) is 0 Å². The molecular weight excluding hydrogens is 455 g/mol. The van der Waals surface area contributed by atoms with E-state index in [1.54, 1.807) is 24.3 Å². The predicted molar refractivity (Wildman–Crippen MR) is 135 cm³/mol. The second kappa shape index (κ2) is 11.2. The van der Waals surface area contributed by atoms with Gasteiger partial charge in [0.2, 0.25) is 0 Å². The Kier molecular flexibility index (Phi) is 8.53. The summed E-state index contributed by atoms with van der Waals surface area (Å²) in [6.07, 6.45) is -0.323. The van der Waals surface area contributed by atoms with Crippen LogP contribution in [0.15, 0.2) is 91.0 Å². The lowest BCUT2D eigenvalue weighted by atomic mass is 10.0. The van der Waals surface area contributed by atoms with Crippen molar-refractivity contribution in [2.45, 2.75) is 50.7 Å². The van der Waals surface area contributed by atoms with Gasteiger partial charge in [-0.3, -0.25) is 9.36 Å². The molecule has 2 atom stereocenters. The molecule has 0 saturated carbocycles. The fraction of sp³-hybridized carbons (Fsp3) is 0.296. The minimum atomic E-state index is -3.49. The monoisotopic (exact) mass is 484 g/mol. The highest BCUT2D eigenvalue weighted by Gasteiger charge is 2.35. The molecule has 0 unspecified atom stereocenters. The number of hydrogen-bond donors (Lipinski definition) is 0. The fourth-order valence-corrected chi connectivity index (χ4v) is 6.14. The zero-order chi connectivity index (χ0) is 23.9. The second-order valence-corrected chi connectivity index (χ2v) is 11.6. The van der Waals surface area contributed by atoms with Gasteiger partial charge in [-0.1, -0.05) is 66.7 Å². The van der Waals surface area contributed by atoms with E-state index in [0.29, 0.717) is 10.6 Å². The first kappa shape index (κ1) is 25.2. The zero-order valence-corrected chi connectivity index (χ0v) is 20.8. The first-order valence-electron chi connectivity index (χ1n) is 11.0. The van der Waals surface area contributed by atoms with Crippen LogP contribution in [0.4, 0.5) is 0 Å². The Labute approximate surface area is 201 Å². The second-order valence-electron chi connectivity index (χ2n) is 8.80. The van der Waals surface area contributed by atoms with Crippen LogP contribution in [0.5, 0.6) is 0 Å². The van der Waals surface area contributed by atoms with Gasteiger partial charge in [0.05, 0.1) is 11.5 Å². The highest BCUT2D eigenvalue weighted by atomic mass is 35.5. The standard InChI is InChI=1S/C27H30ClO4P/c1-27(2,3)31-25(29)20-19-24(26(28)21-13-7-4-8-14-21)32-33(30,22-15-9-5-10-16-22)23-17-11-6-12-18-23/h4-18,24,26H,19-20H2,1-3H3/t24-,26+/m1/s1. The Morgan fingerprint density at radius 1 is 0.848 bits per heavy atom. The highest BCUT2D eigenvalue weighted by Crippen LogP contribution is 2.49. The van der Waals surface area contributed by atoms with Crippen molar-refractivity contribution in [2.24, 2.45) is 0 Å². The third kappa shape index (κ3) is 7.04. The number of ether oxygens (including phenoxy) is 1. The molecule has 6 heteroatoms. The smallest absolute Gasteiger partial charge is 0.306 e.